The van der Waals surface area contributed by atoms with Crippen molar-refractivity contribution in [2.24, 2.45) is 11.1 Å². The van der Waals surface area contributed by atoms with Crippen LogP contribution in [0.25, 0.3) is 0 Å². The summed E-state index contributed by atoms with van der Waals surface area (Å²) in [6.45, 7) is 6.66. The summed E-state index contributed by atoms with van der Waals surface area (Å²) in [5.74, 6) is -2.94. The van der Waals surface area contributed by atoms with E-state index in [1.54, 1.807) is 6.07 Å². The molecule has 1 aliphatic heterocycles. The quantitative estimate of drug-likeness (QED) is 0.443. The Bertz CT molecular complexity index is 1130. The van der Waals surface area contributed by atoms with Gasteiger partial charge in [0.05, 0.1) is 17.1 Å². The molecule has 3 rings (SSSR count). The molecule has 1 fully saturated rings. The van der Waals surface area contributed by atoms with Crippen LogP contribution in [0.15, 0.2) is 36.4 Å². The zero-order valence-electron chi connectivity index (χ0n) is 20.0. The van der Waals surface area contributed by atoms with Crippen LogP contribution in [0.2, 0.25) is 10.0 Å². The van der Waals surface area contributed by atoms with Gasteiger partial charge in [0.15, 0.2) is 0 Å². The molecule has 1 aliphatic rings. The number of benzene rings is 2. The first-order valence-electron chi connectivity index (χ1n) is 11.5. The third kappa shape index (κ3) is 5.46. The van der Waals surface area contributed by atoms with Gasteiger partial charge in [0.2, 0.25) is 5.91 Å². The number of hydrogen-bond acceptors (Lipinski definition) is 4. The molecule has 0 aromatic heterocycles. The van der Waals surface area contributed by atoms with E-state index in [1.165, 1.54) is 24.3 Å². The van der Waals surface area contributed by atoms with Gasteiger partial charge in [-0.3, -0.25) is 4.79 Å². The molecular weight excluding hydrogens is 493 g/mol. The van der Waals surface area contributed by atoms with Crippen LogP contribution in [0, 0.1) is 28.4 Å². The molecule has 0 saturated carbocycles. The van der Waals surface area contributed by atoms with Gasteiger partial charge in [-0.2, -0.15) is 5.26 Å². The van der Waals surface area contributed by atoms with Crippen molar-refractivity contribution in [3.8, 4) is 6.07 Å². The lowest BCUT2D eigenvalue weighted by atomic mass is 9.62. The lowest BCUT2D eigenvalue weighted by molar-refractivity contribution is -0.123. The molecule has 188 valence electrons. The molecule has 0 radical (unpaired) electrons. The van der Waals surface area contributed by atoms with Crippen LogP contribution < -0.4 is 16.4 Å². The van der Waals surface area contributed by atoms with Crippen molar-refractivity contribution in [2.45, 2.75) is 57.0 Å². The molecule has 1 heterocycles. The number of carbonyl (C=O) groups is 1. The Balaban J connectivity index is 2.30. The molecule has 9 heteroatoms. The predicted octanol–water partition coefficient (Wildman–Crippen LogP) is 5.06. The van der Waals surface area contributed by atoms with Crippen molar-refractivity contribution >= 4 is 29.1 Å². The molecule has 1 amide bonds. The zero-order valence-corrected chi connectivity index (χ0v) is 21.5. The van der Waals surface area contributed by atoms with Crippen LogP contribution in [0.5, 0.6) is 0 Å². The minimum atomic E-state index is -1.64. The van der Waals surface area contributed by atoms with Gasteiger partial charge in [0.1, 0.15) is 17.0 Å². The molecule has 1 saturated heterocycles. The standard InChI is InChI=1S/C26H30Cl2F2N4O/c1-25(2,3)13-20-26(14-32,17-9-8-15(27)12-19(17)29)21(16-6-4-7-18(28)22(16)30)23(34-20)24(35)33-11-5-10-31/h4,6-9,12,20-21,23,34H,5,10-11,13,31H2,1-3H3,(H,33,35)/t20-,21?,23+,26-/m0/s1. The summed E-state index contributed by atoms with van der Waals surface area (Å²) in [4.78, 5) is 13.4. The number of amides is 1. The summed E-state index contributed by atoms with van der Waals surface area (Å²) >= 11 is 12.1. The third-order valence-electron chi connectivity index (χ3n) is 6.41. The fourth-order valence-electron chi connectivity index (χ4n) is 4.98. The number of nitrogens with two attached hydrogens (primary N) is 1. The maximum absolute atomic E-state index is 15.5. The monoisotopic (exact) mass is 522 g/mol. The van der Waals surface area contributed by atoms with E-state index in [2.05, 4.69) is 16.7 Å². The first-order chi connectivity index (χ1) is 16.5. The van der Waals surface area contributed by atoms with E-state index in [0.717, 1.165) is 6.07 Å². The van der Waals surface area contributed by atoms with Gasteiger partial charge >= 0.3 is 0 Å². The molecule has 0 spiro atoms. The number of rotatable bonds is 7. The van der Waals surface area contributed by atoms with E-state index < -0.39 is 41.0 Å². The lowest BCUT2D eigenvalue weighted by Gasteiger charge is -2.37. The Morgan fingerprint density at radius 2 is 1.97 bits per heavy atom. The van der Waals surface area contributed by atoms with Crippen molar-refractivity contribution in [3.05, 3.63) is 69.2 Å². The van der Waals surface area contributed by atoms with Crippen molar-refractivity contribution in [1.82, 2.24) is 10.6 Å². The highest BCUT2D eigenvalue weighted by Crippen LogP contribution is 2.52. The molecule has 2 aromatic rings. The average molecular weight is 523 g/mol. The van der Waals surface area contributed by atoms with Gasteiger partial charge < -0.3 is 16.4 Å². The third-order valence-corrected chi connectivity index (χ3v) is 6.94. The van der Waals surface area contributed by atoms with E-state index in [-0.39, 0.29) is 26.6 Å². The molecule has 0 aliphatic carbocycles. The second-order valence-corrected chi connectivity index (χ2v) is 11.0. The van der Waals surface area contributed by atoms with Gasteiger partial charge in [-0.15, -0.1) is 0 Å². The molecule has 4 N–H and O–H groups in total. The largest absolute Gasteiger partial charge is 0.355 e. The number of hydrogen-bond donors (Lipinski definition) is 3. The van der Waals surface area contributed by atoms with Crippen LogP contribution in [0.1, 0.15) is 50.7 Å². The Kier molecular flexibility index (Phi) is 8.44. The smallest absolute Gasteiger partial charge is 0.237 e. The molecule has 4 atom stereocenters. The number of halogens is 4. The Morgan fingerprint density at radius 1 is 1.26 bits per heavy atom. The van der Waals surface area contributed by atoms with Crippen LogP contribution in [-0.4, -0.2) is 31.1 Å². The number of carbonyl (C=O) groups excluding carboxylic acids is 1. The SMILES string of the molecule is CC(C)(C)C[C@@H]1N[C@@H](C(=O)NCCCN)C(c2cccc(Cl)c2F)[C@@]1(C#N)c1ccc(Cl)cc1F. The Morgan fingerprint density at radius 3 is 2.57 bits per heavy atom. The minimum absolute atomic E-state index is 0.0489. The number of nitrogens with zero attached hydrogens (tertiary/aromatic N) is 1. The maximum Gasteiger partial charge on any atom is 0.237 e. The van der Waals surface area contributed by atoms with Gasteiger partial charge in [-0.05, 0) is 48.6 Å². The number of nitriles is 1. The van der Waals surface area contributed by atoms with Crippen molar-refractivity contribution in [1.29, 1.82) is 5.26 Å². The first kappa shape index (κ1) is 27.3. The highest BCUT2D eigenvalue weighted by atomic mass is 35.5. The van der Waals surface area contributed by atoms with E-state index >= 15 is 8.78 Å². The van der Waals surface area contributed by atoms with Crippen LogP contribution in [0.4, 0.5) is 8.78 Å². The summed E-state index contributed by atoms with van der Waals surface area (Å²) < 4.78 is 31.0. The summed E-state index contributed by atoms with van der Waals surface area (Å²) in [5, 5.41) is 16.9. The van der Waals surface area contributed by atoms with E-state index in [1.807, 2.05) is 20.8 Å². The molecule has 2 aromatic carbocycles. The summed E-state index contributed by atoms with van der Waals surface area (Å²) in [6, 6.07) is 9.12. The molecule has 0 bridgehead atoms. The fourth-order valence-corrected chi connectivity index (χ4v) is 5.32. The molecule has 1 unspecified atom stereocenters. The number of nitrogens with one attached hydrogen (secondary N) is 2. The second kappa shape index (κ2) is 10.8. The summed E-state index contributed by atoms with van der Waals surface area (Å²) in [7, 11) is 0. The summed E-state index contributed by atoms with van der Waals surface area (Å²) in [6.07, 6.45) is 0.961. The van der Waals surface area contributed by atoms with Gasteiger partial charge in [0.25, 0.3) is 0 Å². The first-order valence-corrected chi connectivity index (χ1v) is 12.3. The summed E-state index contributed by atoms with van der Waals surface area (Å²) in [5.41, 5.74) is 3.74. The Hall–Kier alpha value is -2.24. The lowest BCUT2D eigenvalue weighted by Crippen LogP contribution is -2.46. The average Bonchev–Trinajstić information content (AvgIpc) is 3.08. The predicted molar refractivity (Wildman–Crippen MR) is 134 cm³/mol. The van der Waals surface area contributed by atoms with E-state index in [0.29, 0.717) is 25.9 Å². The molecule has 35 heavy (non-hydrogen) atoms. The molecular formula is C26H30Cl2F2N4O. The highest BCUT2D eigenvalue weighted by Gasteiger charge is 2.61. The van der Waals surface area contributed by atoms with Crippen molar-refractivity contribution < 1.29 is 13.6 Å². The second-order valence-electron chi connectivity index (χ2n) is 10.1. The van der Waals surface area contributed by atoms with Crippen molar-refractivity contribution in [2.75, 3.05) is 13.1 Å². The van der Waals surface area contributed by atoms with Crippen LogP contribution >= 0.6 is 23.2 Å². The minimum Gasteiger partial charge on any atom is -0.355 e. The Labute approximate surface area is 215 Å². The van der Waals surface area contributed by atoms with E-state index in [4.69, 9.17) is 28.9 Å². The van der Waals surface area contributed by atoms with Crippen LogP contribution in [0.3, 0.4) is 0 Å². The van der Waals surface area contributed by atoms with Crippen molar-refractivity contribution in [3.63, 3.8) is 0 Å². The highest BCUT2D eigenvalue weighted by molar-refractivity contribution is 6.31. The van der Waals surface area contributed by atoms with Gasteiger partial charge in [-0.1, -0.05) is 62.2 Å². The maximum atomic E-state index is 15.5. The fraction of sp³-hybridized carbons (Fsp3) is 0.462. The van der Waals surface area contributed by atoms with E-state index in [9.17, 15) is 10.1 Å². The van der Waals surface area contributed by atoms with Gasteiger partial charge in [0, 0.05) is 29.1 Å². The topological polar surface area (TPSA) is 90.9 Å². The molecule has 5 nitrogen and oxygen atoms in total. The van der Waals surface area contributed by atoms with Crippen LogP contribution in [-0.2, 0) is 10.2 Å². The normalized spacial score (nSPS) is 24.3. The zero-order chi connectivity index (χ0) is 26.0. The van der Waals surface area contributed by atoms with Gasteiger partial charge in [-0.25, -0.2) is 8.78 Å².